The highest BCUT2D eigenvalue weighted by molar-refractivity contribution is 7.98. The third-order valence-corrected chi connectivity index (χ3v) is 6.62. The summed E-state index contributed by atoms with van der Waals surface area (Å²) in [5, 5.41) is 4.83. The van der Waals surface area contributed by atoms with Crippen LogP contribution in [-0.4, -0.2) is 23.6 Å². The van der Waals surface area contributed by atoms with Crippen molar-refractivity contribution in [3.8, 4) is 5.75 Å². The third kappa shape index (κ3) is 3.52. The van der Waals surface area contributed by atoms with E-state index in [0.29, 0.717) is 0 Å². The van der Waals surface area contributed by atoms with Gasteiger partial charge < -0.3 is 15.0 Å². The van der Waals surface area contributed by atoms with Crippen LogP contribution in [0.15, 0.2) is 71.9 Å². The van der Waals surface area contributed by atoms with Gasteiger partial charge in [-0.15, -0.1) is 11.8 Å². The fraction of sp³-hybridized carbons (Fsp3) is 0.208. The molecule has 1 aliphatic heterocycles. The Bertz CT molecular complexity index is 1140. The number of nitrogens with one attached hydrogen (secondary N) is 1. The predicted molar refractivity (Wildman–Crippen MR) is 117 cm³/mol. The highest BCUT2D eigenvalue weighted by Crippen LogP contribution is 2.34. The van der Waals surface area contributed by atoms with Gasteiger partial charge in [-0.3, -0.25) is 0 Å². The van der Waals surface area contributed by atoms with Crippen LogP contribution in [0.4, 0.5) is 0 Å². The number of rotatable bonds is 5. The topological polar surface area (TPSA) is 54.5 Å². The molecule has 0 fully saturated rings. The van der Waals surface area contributed by atoms with Crippen molar-refractivity contribution in [3.63, 3.8) is 0 Å². The van der Waals surface area contributed by atoms with E-state index in [1.807, 2.05) is 24.4 Å². The molecule has 0 spiro atoms. The van der Waals surface area contributed by atoms with E-state index in [4.69, 9.17) is 4.74 Å². The number of nitrogens with zero attached hydrogens (tertiary/aromatic N) is 1. The number of aromatic amines is 1. The molecule has 3 heterocycles. The Morgan fingerprint density at radius 1 is 1.14 bits per heavy atom. The van der Waals surface area contributed by atoms with E-state index >= 15 is 0 Å². The predicted octanol–water partition coefficient (Wildman–Crippen LogP) is 4.07. The zero-order chi connectivity index (χ0) is 19.6. The smallest absolute Gasteiger partial charge is 0.153 e. The minimum atomic E-state index is 0.288. The second-order valence-corrected chi connectivity index (χ2v) is 8.34. The van der Waals surface area contributed by atoms with Gasteiger partial charge in [-0.05, 0) is 42.0 Å². The van der Waals surface area contributed by atoms with Crippen molar-refractivity contribution in [2.24, 2.45) is 0 Å². The van der Waals surface area contributed by atoms with Crippen LogP contribution in [0.5, 0.6) is 5.75 Å². The van der Waals surface area contributed by atoms with Gasteiger partial charge in [0.1, 0.15) is 5.75 Å². The number of hydrogen-bond donors (Lipinski definition) is 2. The van der Waals surface area contributed by atoms with Crippen molar-refractivity contribution in [3.05, 3.63) is 89.2 Å². The van der Waals surface area contributed by atoms with Crippen LogP contribution >= 0.6 is 11.8 Å². The van der Waals surface area contributed by atoms with E-state index in [9.17, 15) is 0 Å². The minimum absolute atomic E-state index is 0.288. The van der Waals surface area contributed by atoms with Gasteiger partial charge in [0.05, 0.1) is 24.4 Å². The van der Waals surface area contributed by atoms with Gasteiger partial charge in [0.25, 0.3) is 0 Å². The molecular formula is C24H24N3OS+. The largest absolute Gasteiger partial charge is 0.496 e. The maximum absolute atomic E-state index is 5.64. The van der Waals surface area contributed by atoms with Crippen LogP contribution in [0.2, 0.25) is 0 Å². The number of nitrogens with two attached hydrogens (primary N) is 1. The fourth-order valence-electron chi connectivity index (χ4n) is 4.26. The molecule has 2 aromatic carbocycles. The number of ether oxygens (including phenoxy) is 1. The maximum atomic E-state index is 5.64. The summed E-state index contributed by atoms with van der Waals surface area (Å²) >= 11 is 1.74. The number of pyridine rings is 1. The quantitative estimate of drug-likeness (QED) is 0.495. The van der Waals surface area contributed by atoms with E-state index in [2.05, 4.69) is 57.7 Å². The molecule has 1 aliphatic rings. The second-order valence-electron chi connectivity index (χ2n) is 7.34. The zero-order valence-corrected chi connectivity index (χ0v) is 17.2. The van der Waals surface area contributed by atoms with Crippen molar-refractivity contribution in [2.45, 2.75) is 23.2 Å². The summed E-state index contributed by atoms with van der Waals surface area (Å²) in [6, 6.07) is 21.6. The summed E-state index contributed by atoms with van der Waals surface area (Å²) < 4.78 is 5.64. The maximum Gasteiger partial charge on any atom is 0.153 e. The van der Waals surface area contributed by atoms with Gasteiger partial charge in [0.15, 0.2) is 6.04 Å². The van der Waals surface area contributed by atoms with E-state index in [0.717, 1.165) is 29.5 Å². The average molecular weight is 403 g/mol. The standard InChI is InChI=1S/C24H23N3OS/c1-28-21-10-9-16(14-17(21)15-29-22-8-4-5-12-25-22)23-24-19(11-13-26-23)18-6-2-3-7-20(18)27-24/h2-10,12,14,23,26-27H,11,13,15H2,1H3/p+1/t23-/m0/s1. The lowest BCUT2D eigenvalue weighted by Crippen LogP contribution is -2.87. The average Bonchev–Trinajstić information content (AvgIpc) is 3.17. The van der Waals surface area contributed by atoms with Crippen molar-refractivity contribution in [1.82, 2.24) is 9.97 Å². The Kier molecular flexibility index (Phi) is 5.00. The third-order valence-electron chi connectivity index (χ3n) is 5.63. The second kappa shape index (κ2) is 7.93. The Morgan fingerprint density at radius 2 is 2.03 bits per heavy atom. The molecule has 0 amide bonds. The molecule has 29 heavy (non-hydrogen) atoms. The molecule has 2 aromatic heterocycles. The summed E-state index contributed by atoms with van der Waals surface area (Å²) in [5.74, 6) is 1.77. The molecule has 0 aliphatic carbocycles. The molecule has 0 saturated heterocycles. The number of H-pyrrole nitrogens is 1. The molecule has 0 radical (unpaired) electrons. The Labute approximate surface area is 174 Å². The van der Waals surface area contributed by atoms with Crippen molar-refractivity contribution < 1.29 is 10.1 Å². The number of fused-ring (bicyclic) bond motifs is 3. The number of para-hydroxylation sites is 1. The molecule has 0 unspecified atom stereocenters. The molecule has 1 atom stereocenters. The van der Waals surface area contributed by atoms with Crippen molar-refractivity contribution in [2.75, 3.05) is 13.7 Å². The molecule has 146 valence electrons. The fourth-order valence-corrected chi connectivity index (χ4v) is 5.10. The summed E-state index contributed by atoms with van der Waals surface area (Å²) in [7, 11) is 1.74. The summed E-state index contributed by atoms with van der Waals surface area (Å²) in [5.41, 5.74) is 6.56. The molecule has 5 heteroatoms. The van der Waals surface area contributed by atoms with Gasteiger partial charge >= 0.3 is 0 Å². The molecule has 5 rings (SSSR count). The van der Waals surface area contributed by atoms with E-state index in [1.54, 1.807) is 18.9 Å². The van der Waals surface area contributed by atoms with Crippen LogP contribution in [0.3, 0.4) is 0 Å². The van der Waals surface area contributed by atoms with Crippen LogP contribution in [0.25, 0.3) is 10.9 Å². The van der Waals surface area contributed by atoms with Gasteiger partial charge in [-0.1, -0.05) is 24.3 Å². The van der Waals surface area contributed by atoms with Crippen LogP contribution in [-0.2, 0) is 12.2 Å². The number of benzene rings is 2. The normalized spacial score (nSPS) is 16.0. The van der Waals surface area contributed by atoms with Crippen LogP contribution < -0.4 is 10.1 Å². The first-order valence-electron chi connectivity index (χ1n) is 9.97. The number of quaternary nitrogens is 1. The van der Waals surface area contributed by atoms with E-state index in [-0.39, 0.29) is 6.04 Å². The lowest BCUT2D eigenvalue weighted by atomic mass is 9.93. The number of methoxy groups -OCH3 is 1. The lowest BCUT2D eigenvalue weighted by molar-refractivity contribution is -0.690. The Morgan fingerprint density at radius 3 is 2.90 bits per heavy atom. The molecule has 4 nitrogen and oxygen atoms in total. The molecule has 3 N–H and O–H groups in total. The number of aromatic nitrogens is 2. The number of hydrogen-bond acceptors (Lipinski definition) is 3. The monoisotopic (exact) mass is 402 g/mol. The highest BCUT2D eigenvalue weighted by atomic mass is 32.2. The van der Waals surface area contributed by atoms with Gasteiger partial charge in [0.2, 0.25) is 0 Å². The SMILES string of the molecule is COc1ccc([C@@H]2[NH2+]CCc3c2[nH]c2ccccc32)cc1CSc1ccccn1. The van der Waals surface area contributed by atoms with Crippen molar-refractivity contribution in [1.29, 1.82) is 0 Å². The summed E-state index contributed by atoms with van der Waals surface area (Å²) in [6.07, 6.45) is 2.94. The first-order valence-corrected chi connectivity index (χ1v) is 11.0. The van der Waals surface area contributed by atoms with Gasteiger partial charge in [-0.2, -0.15) is 0 Å². The first kappa shape index (κ1) is 18.3. The van der Waals surface area contributed by atoms with Crippen molar-refractivity contribution >= 4 is 22.7 Å². The van der Waals surface area contributed by atoms with Gasteiger partial charge in [-0.25, -0.2) is 4.98 Å². The van der Waals surface area contributed by atoms with E-state index < -0.39 is 0 Å². The Balaban J connectivity index is 1.49. The lowest BCUT2D eigenvalue weighted by Gasteiger charge is -2.22. The molecular weight excluding hydrogens is 378 g/mol. The first-order chi connectivity index (χ1) is 14.3. The highest BCUT2D eigenvalue weighted by Gasteiger charge is 2.29. The van der Waals surface area contributed by atoms with E-state index in [1.165, 1.54) is 33.3 Å². The molecule has 4 aromatic rings. The summed E-state index contributed by atoms with van der Waals surface area (Å²) in [4.78, 5) is 8.12. The number of thioether (sulfide) groups is 1. The Hall–Kier alpha value is -2.76. The molecule has 0 saturated carbocycles. The molecule has 0 bridgehead atoms. The summed E-state index contributed by atoms with van der Waals surface area (Å²) in [6.45, 7) is 1.10. The zero-order valence-electron chi connectivity index (χ0n) is 16.4. The van der Waals surface area contributed by atoms with Crippen LogP contribution in [0, 0.1) is 0 Å². The van der Waals surface area contributed by atoms with Gasteiger partial charge in [0, 0.05) is 40.4 Å². The minimum Gasteiger partial charge on any atom is -0.496 e. The van der Waals surface area contributed by atoms with Crippen LogP contribution in [0.1, 0.15) is 28.4 Å².